The van der Waals surface area contributed by atoms with E-state index in [2.05, 4.69) is 15.0 Å². The molecular formula is C17H13F2N3O2S. The van der Waals surface area contributed by atoms with Gasteiger partial charge in [-0.05, 0) is 36.4 Å². The molecule has 3 rings (SSSR count). The zero-order chi connectivity index (χ0) is 17.9. The van der Waals surface area contributed by atoms with Crippen LogP contribution in [0.1, 0.15) is 0 Å². The molecule has 5 nitrogen and oxygen atoms in total. The number of nitrogens with zero attached hydrogens (tertiary/aromatic N) is 1. The topological polar surface area (TPSA) is 71.1 Å². The van der Waals surface area contributed by atoms with Gasteiger partial charge in [0.05, 0.1) is 16.8 Å². The quantitative estimate of drug-likeness (QED) is 0.723. The second-order valence-electron chi connectivity index (χ2n) is 5.10. The van der Waals surface area contributed by atoms with E-state index < -0.39 is 21.7 Å². The van der Waals surface area contributed by atoms with Gasteiger partial charge in [0.15, 0.2) is 11.6 Å². The number of nitrogens with one attached hydrogen (secondary N) is 2. The Balaban J connectivity index is 1.73. The summed E-state index contributed by atoms with van der Waals surface area (Å²) in [5, 5.41) is 2.85. The highest BCUT2D eigenvalue weighted by atomic mass is 32.2. The maximum Gasteiger partial charge on any atom is 0.263 e. The highest BCUT2D eigenvalue weighted by Crippen LogP contribution is 2.20. The SMILES string of the molecule is O=S(=O)(Nc1ccc(Nc2ccc(F)c(F)c2)cn1)c1ccccc1. The van der Waals surface area contributed by atoms with E-state index in [9.17, 15) is 17.2 Å². The van der Waals surface area contributed by atoms with Crippen molar-refractivity contribution in [2.24, 2.45) is 0 Å². The molecule has 128 valence electrons. The highest BCUT2D eigenvalue weighted by Gasteiger charge is 2.14. The standard InChI is InChI=1S/C17H13F2N3O2S/c18-15-8-6-12(10-16(15)19)21-13-7-9-17(20-11-13)22-25(23,24)14-4-2-1-3-5-14/h1-11,21H,(H,20,22). The van der Waals surface area contributed by atoms with Crippen LogP contribution in [0.4, 0.5) is 26.0 Å². The molecule has 0 radical (unpaired) electrons. The molecule has 25 heavy (non-hydrogen) atoms. The Labute approximate surface area is 143 Å². The normalized spacial score (nSPS) is 11.1. The third-order valence-electron chi connectivity index (χ3n) is 3.26. The van der Waals surface area contributed by atoms with E-state index in [-0.39, 0.29) is 10.7 Å². The second-order valence-corrected chi connectivity index (χ2v) is 6.79. The number of anilines is 3. The van der Waals surface area contributed by atoms with Crippen LogP contribution < -0.4 is 10.0 Å². The smallest absolute Gasteiger partial charge is 0.263 e. The average Bonchev–Trinajstić information content (AvgIpc) is 2.60. The third-order valence-corrected chi connectivity index (χ3v) is 4.63. The molecule has 1 heterocycles. The Bertz CT molecular complexity index is 979. The van der Waals surface area contributed by atoms with Crippen molar-refractivity contribution < 1.29 is 17.2 Å². The van der Waals surface area contributed by atoms with Crippen molar-refractivity contribution in [3.63, 3.8) is 0 Å². The molecule has 3 aromatic rings. The van der Waals surface area contributed by atoms with E-state index in [4.69, 9.17) is 0 Å². The molecular weight excluding hydrogens is 348 g/mol. The van der Waals surface area contributed by atoms with Gasteiger partial charge in [-0.15, -0.1) is 0 Å². The Morgan fingerprint density at radius 2 is 1.56 bits per heavy atom. The first-order valence-electron chi connectivity index (χ1n) is 7.20. The van der Waals surface area contributed by atoms with Crippen molar-refractivity contribution in [3.8, 4) is 0 Å². The molecule has 0 bridgehead atoms. The fraction of sp³-hybridized carbons (Fsp3) is 0. The summed E-state index contributed by atoms with van der Waals surface area (Å²) in [7, 11) is -3.72. The Kier molecular flexibility index (Phi) is 4.62. The molecule has 2 aromatic carbocycles. The van der Waals surface area contributed by atoms with Gasteiger partial charge in [0.25, 0.3) is 10.0 Å². The molecule has 0 saturated carbocycles. The van der Waals surface area contributed by atoms with Crippen LogP contribution >= 0.6 is 0 Å². The molecule has 0 saturated heterocycles. The predicted molar refractivity (Wildman–Crippen MR) is 91.1 cm³/mol. The molecule has 2 N–H and O–H groups in total. The van der Waals surface area contributed by atoms with Crippen LogP contribution in [-0.4, -0.2) is 13.4 Å². The van der Waals surface area contributed by atoms with E-state index in [1.165, 1.54) is 30.5 Å². The molecule has 8 heteroatoms. The maximum absolute atomic E-state index is 13.2. The summed E-state index contributed by atoms with van der Waals surface area (Å²) in [4.78, 5) is 4.13. The minimum Gasteiger partial charge on any atom is -0.354 e. The zero-order valence-electron chi connectivity index (χ0n) is 12.8. The monoisotopic (exact) mass is 361 g/mol. The summed E-state index contributed by atoms with van der Waals surface area (Å²) < 4.78 is 52.9. The number of pyridine rings is 1. The van der Waals surface area contributed by atoms with Crippen LogP contribution in [0.3, 0.4) is 0 Å². The summed E-state index contributed by atoms with van der Waals surface area (Å²) in [5.74, 6) is -1.76. The Morgan fingerprint density at radius 1 is 0.840 bits per heavy atom. The Morgan fingerprint density at radius 3 is 2.20 bits per heavy atom. The number of rotatable bonds is 5. The largest absolute Gasteiger partial charge is 0.354 e. The van der Waals surface area contributed by atoms with Gasteiger partial charge in [0, 0.05) is 11.8 Å². The van der Waals surface area contributed by atoms with E-state index in [1.807, 2.05) is 0 Å². The lowest BCUT2D eigenvalue weighted by atomic mass is 10.3. The lowest BCUT2D eigenvalue weighted by Crippen LogP contribution is -2.13. The van der Waals surface area contributed by atoms with Crippen molar-refractivity contribution in [1.29, 1.82) is 0 Å². The van der Waals surface area contributed by atoms with E-state index >= 15 is 0 Å². The van der Waals surface area contributed by atoms with Gasteiger partial charge in [-0.2, -0.15) is 0 Å². The summed E-state index contributed by atoms with van der Waals surface area (Å²) in [5.41, 5.74) is 0.840. The number of halogens is 2. The molecule has 0 spiro atoms. The third kappa shape index (κ3) is 4.10. The molecule has 0 fully saturated rings. The highest BCUT2D eigenvalue weighted by molar-refractivity contribution is 7.92. The van der Waals surface area contributed by atoms with E-state index in [1.54, 1.807) is 24.3 Å². The van der Waals surface area contributed by atoms with Gasteiger partial charge in [0.2, 0.25) is 0 Å². The Hall–Kier alpha value is -3.00. The predicted octanol–water partition coefficient (Wildman–Crippen LogP) is 3.90. The maximum atomic E-state index is 13.2. The lowest BCUT2D eigenvalue weighted by molar-refractivity contribution is 0.509. The number of hydrogen-bond acceptors (Lipinski definition) is 4. The van der Waals surface area contributed by atoms with E-state index in [0.717, 1.165) is 12.1 Å². The van der Waals surface area contributed by atoms with Crippen LogP contribution in [-0.2, 0) is 10.0 Å². The minimum absolute atomic E-state index is 0.126. The summed E-state index contributed by atoms with van der Waals surface area (Å²) in [6.45, 7) is 0. The number of hydrogen-bond donors (Lipinski definition) is 2. The lowest BCUT2D eigenvalue weighted by Gasteiger charge is -2.09. The van der Waals surface area contributed by atoms with Crippen LogP contribution in [0.5, 0.6) is 0 Å². The van der Waals surface area contributed by atoms with Crippen LogP contribution in [0.2, 0.25) is 0 Å². The number of sulfonamides is 1. The first-order valence-corrected chi connectivity index (χ1v) is 8.68. The van der Waals surface area contributed by atoms with Crippen LogP contribution in [0, 0.1) is 11.6 Å². The van der Waals surface area contributed by atoms with Crippen molar-refractivity contribution >= 4 is 27.2 Å². The molecule has 0 aliphatic rings. The van der Waals surface area contributed by atoms with E-state index in [0.29, 0.717) is 11.4 Å². The van der Waals surface area contributed by atoms with Gasteiger partial charge in [-0.1, -0.05) is 18.2 Å². The summed E-state index contributed by atoms with van der Waals surface area (Å²) in [6, 6.07) is 14.3. The number of aromatic nitrogens is 1. The average molecular weight is 361 g/mol. The van der Waals surface area contributed by atoms with Gasteiger partial charge in [-0.3, -0.25) is 4.72 Å². The van der Waals surface area contributed by atoms with Crippen molar-refractivity contribution in [2.75, 3.05) is 10.0 Å². The zero-order valence-corrected chi connectivity index (χ0v) is 13.6. The first-order chi connectivity index (χ1) is 11.9. The summed E-state index contributed by atoms with van der Waals surface area (Å²) >= 11 is 0. The van der Waals surface area contributed by atoms with Crippen LogP contribution in [0.25, 0.3) is 0 Å². The fourth-order valence-corrected chi connectivity index (χ4v) is 3.09. The first kappa shape index (κ1) is 16.8. The molecule has 0 unspecified atom stereocenters. The van der Waals surface area contributed by atoms with Crippen molar-refractivity contribution in [1.82, 2.24) is 4.98 Å². The molecule has 0 aliphatic carbocycles. The fourth-order valence-electron chi connectivity index (χ4n) is 2.06. The molecule has 0 atom stereocenters. The molecule has 1 aromatic heterocycles. The van der Waals surface area contributed by atoms with Crippen molar-refractivity contribution in [3.05, 3.63) is 78.5 Å². The van der Waals surface area contributed by atoms with Crippen molar-refractivity contribution in [2.45, 2.75) is 4.90 Å². The van der Waals surface area contributed by atoms with Gasteiger partial charge in [0.1, 0.15) is 5.82 Å². The van der Waals surface area contributed by atoms with Gasteiger partial charge in [-0.25, -0.2) is 22.2 Å². The second kappa shape index (κ2) is 6.86. The number of benzene rings is 2. The summed E-state index contributed by atoms with van der Waals surface area (Å²) in [6.07, 6.45) is 1.38. The van der Waals surface area contributed by atoms with Gasteiger partial charge < -0.3 is 5.32 Å². The minimum atomic E-state index is -3.72. The van der Waals surface area contributed by atoms with Gasteiger partial charge >= 0.3 is 0 Å². The van der Waals surface area contributed by atoms with Crippen LogP contribution in [0.15, 0.2) is 71.8 Å². The molecule has 0 amide bonds. The molecule has 0 aliphatic heterocycles.